The summed E-state index contributed by atoms with van der Waals surface area (Å²) in [6, 6.07) is 5.70. The van der Waals surface area contributed by atoms with Crippen molar-refractivity contribution in [3.63, 3.8) is 0 Å². The summed E-state index contributed by atoms with van der Waals surface area (Å²) in [6.45, 7) is 5.25. The normalized spacial score (nSPS) is 14.0. The smallest absolute Gasteiger partial charge is 0.323 e. The molecule has 6 heteroatoms. The van der Waals surface area contributed by atoms with Crippen LogP contribution in [0.4, 0.5) is 0 Å². The molecular weight excluding hydrogens is 320 g/mol. The van der Waals surface area contributed by atoms with Gasteiger partial charge < -0.3 is 19.3 Å². The number of aryl methyl sites for hydroxylation is 1. The lowest BCUT2D eigenvalue weighted by atomic mass is 10.1. The Morgan fingerprint density at radius 2 is 2.04 bits per heavy atom. The van der Waals surface area contributed by atoms with Crippen LogP contribution in [0.1, 0.15) is 34.5 Å². The summed E-state index contributed by atoms with van der Waals surface area (Å²) in [6.07, 6.45) is 1.76. The van der Waals surface area contributed by atoms with Crippen molar-refractivity contribution in [3.8, 4) is 0 Å². The first kappa shape index (κ1) is 17.5. The van der Waals surface area contributed by atoms with Gasteiger partial charge in [0, 0.05) is 41.9 Å². The Balaban J connectivity index is 1.96. The molecule has 1 aromatic heterocycles. The van der Waals surface area contributed by atoms with Crippen LogP contribution in [0.3, 0.4) is 0 Å². The van der Waals surface area contributed by atoms with Crippen molar-refractivity contribution in [3.05, 3.63) is 35.0 Å². The van der Waals surface area contributed by atoms with Gasteiger partial charge in [-0.3, -0.25) is 9.59 Å². The number of aromatic nitrogens is 1. The van der Waals surface area contributed by atoms with E-state index in [-0.39, 0.29) is 18.5 Å². The van der Waals surface area contributed by atoms with E-state index in [0.717, 1.165) is 41.5 Å². The number of aliphatic carboxylic acids is 1. The fraction of sp³-hybridized carbons (Fsp3) is 0.474. The van der Waals surface area contributed by atoms with Crippen LogP contribution in [0.15, 0.2) is 18.2 Å². The highest BCUT2D eigenvalue weighted by molar-refractivity contribution is 6.00. The zero-order valence-corrected chi connectivity index (χ0v) is 14.9. The Morgan fingerprint density at radius 1 is 1.32 bits per heavy atom. The molecule has 0 atom stereocenters. The van der Waals surface area contributed by atoms with Gasteiger partial charge in [-0.2, -0.15) is 0 Å². The van der Waals surface area contributed by atoms with Crippen molar-refractivity contribution < 1.29 is 19.4 Å². The molecule has 6 nitrogen and oxygen atoms in total. The molecule has 0 spiro atoms. The summed E-state index contributed by atoms with van der Waals surface area (Å²) in [7, 11) is 1.68. The fourth-order valence-electron chi connectivity index (χ4n) is 3.32. The van der Waals surface area contributed by atoms with Gasteiger partial charge in [0.25, 0.3) is 5.91 Å². The molecule has 2 aromatic rings. The van der Waals surface area contributed by atoms with Crippen LogP contribution in [0, 0.1) is 13.8 Å². The molecule has 134 valence electrons. The molecule has 0 radical (unpaired) electrons. The summed E-state index contributed by atoms with van der Waals surface area (Å²) in [5.41, 5.74) is 3.91. The zero-order chi connectivity index (χ0) is 18.1. The largest absolute Gasteiger partial charge is 0.480 e. The SMILES string of the molecule is COCCn1c(C)c(C)c2cc(C(=O)N(CC(=O)O)C3CC3)ccc21. The number of amides is 1. The maximum atomic E-state index is 12.8. The molecule has 1 aliphatic carbocycles. The maximum Gasteiger partial charge on any atom is 0.323 e. The summed E-state index contributed by atoms with van der Waals surface area (Å²) in [5, 5.41) is 10.1. The van der Waals surface area contributed by atoms with Crippen LogP contribution in [-0.4, -0.2) is 52.8 Å². The van der Waals surface area contributed by atoms with Gasteiger partial charge in [0.1, 0.15) is 6.54 Å². The molecule has 1 aromatic carbocycles. The number of hydrogen-bond acceptors (Lipinski definition) is 3. The molecule has 0 bridgehead atoms. The van der Waals surface area contributed by atoms with Crippen LogP contribution in [-0.2, 0) is 16.1 Å². The van der Waals surface area contributed by atoms with E-state index in [0.29, 0.717) is 12.2 Å². The number of carboxylic acids is 1. The Hall–Kier alpha value is -2.34. The number of ether oxygens (including phenoxy) is 1. The average molecular weight is 344 g/mol. The first-order chi connectivity index (χ1) is 11.9. The van der Waals surface area contributed by atoms with Crippen LogP contribution in [0.2, 0.25) is 0 Å². The maximum absolute atomic E-state index is 12.8. The van der Waals surface area contributed by atoms with Gasteiger partial charge in [-0.05, 0) is 50.5 Å². The molecule has 1 heterocycles. The van der Waals surface area contributed by atoms with Crippen LogP contribution in [0.25, 0.3) is 10.9 Å². The number of nitrogens with zero attached hydrogens (tertiary/aromatic N) is 2. The third-order valence-corrected chi connectivity index (χ3v) is 4.96. The Kier molecular flexibility index (Phi) is 4.81. The van der Waals surface area contributed by atoms with E-state index in [4.69, 9.17) is 9.84 Å². The summed E-state index contributed by atoms with van der Waals surface area (Å²) < 4.78 is 7.38. The highest BCUT2D eigenvalue weighted by atomic mass is 16.5. The number of hydrogen-bond donors (Lipinski definition) is 1. The second-order valence-corrected chi connectivity index (χ2v) is 6.64. The standard InChI is InChI=1S/C19H24N2O4/c1-12-13(2)20(8-9-25-3)17-7-4-14(10-16(12)17)19(24)21(11-18(22)23)15-5-6-15/h4,7,10,15H,5-6,8-9,11H2,1-3H3,(H,22,23). The van der Waals surface area contributed by atoms with E-state index in [1.54, 1.807) is 13.2 Å². The van der Waals surface area contributed by atoms with Crippen molar-refractivity contribution >= 4 is 22.8 Å². The second kappa shape index (κ2) is 6.88. The molecule has 3 rings (SSSR count). The van der Waals surface area contributed by atoms with Crippen LogP contribution >= 0.6 is 0 Å². The van der Waals surface area contributed by atoms with Gasteiger partial charge in [0.2, 0.25) is 0 Å². The minimum Gasteiger partial charge on any atom is -0.480 e. The van der Waals surface area contributed by atoms with E-state index in [9.17, 15) is 9.59 Å². The molecule has 0 saturated heterocycles. The average Bonchev–Trinajstić information content (AvgIpc) is 3.40. The number of carbonyl (C=O) groups is 2. The molecule has 1 aliphatic rings. The van der Waals surface area contributed by atoms with Gasteiger partial charge in [-0.15, -0.1) is 0 Å². The lowest BCUT2D eigenvalue weighted by Crippen LogP contribution is -2.37. The first-order valence-electron chi connectivity index (χ1n) is 8.55. The third-order valence-electron chi connectivity index (χ3n) is 4.96. The number of carbonyl (C=O) groups excluding carboxylic acids is 1. The first-order valence-corrected chi connectivity index (χ1v) is 8.55. The summed E-state index contributed by atoms with van der Waals surface area (Å²) in [4.78, 5) is 25.4. The number of rotatable bonds is 7. The molecule has 0 unspecified atom stereocenters. The number of methoxy groups -OCH3 is 1. The quantitative estimate of drug-likeness (QED) is 0.838. The predicted molar refractivity (Wildman–Crippen MR) is 95.0 cm³/mol. The molecule has 0 aliphatic heterocycles. The molecule has 1 fully saturated rings. The van der Waals surface area contributed by atoms with Gasteiger partial charge in [0.15, 0.2) is 0 Å². The van der Waals surface area contributed by atoms with E-state index in [2.05, 4.69) is 11.5 Å². The number of benzene rings is 1. The Labute approximate surface area is 147 Å². The molecule has 1 amide bonds. The van der Waals surface area contributed by atoms with Gasteiger partial charge in [-0.1, -0.05) is 0 Å². The van der Waals surface area contributed by atoms with Crippen molar-refractivity contribution in [1.82, 2.24) is 9.47 Å². The van der Waals surface area contributed by atoms with Gasteiger partial charge >= 0.3 is 5.97 Å². The summed E-state index contributed by atoms with van der Waals surface area (Å²) in [5.74, 6) is -1.17. The lowest BCUT2D eigenvalue weighted by Gasteiger charge is -2.20. The number of carboxylic acid groups (broad SMARTS) is 1. The molecular formula is C19H24N2O4. The van der Waals surface area contributed by atoms with Crippen LogP contribution in [0.5, 0.6) is 0 Å². The number of fused-ring (bicyclic) bond motifs is 1. The van der Waals surface area contributed by atoms with Crippen molar-refractivity contribution in [2.75, 3.05) is 20.3 Å². The van der Waals surface area contributed by atoms with Gasteiger partial charge in [-0.25, -0.2) is 0 Å². The fourth-order valence-corrected chi connectivity index (χ4v) is 3.32. The lowest BCUT2D eigenvalue weighted by molar-refractivity contribution is -0.137. The van der Waals surface area contributed by atoms with Crippen molar-refractivity contribution in [2.24, 2.45) is 0 Å². The van der Waals surface area contributed by atoms with E-state index in [1.807, 2.05) is 19.1 Å². The second-order valence-electron chi connectivity index (χ2n) is 6.64. The van der Waals surface area contributed by atoms with Gasteiger partial charge in [0.05, 0.1) is 6.61 Å². The zero-order valence-electron chi connectivity index (χ0n) is 14.9. The third kappa shape index (κ3) is 3.39. The monoisotopic (exact) mass is 344 g/mol. The topological polar surface area (TPSA) is 71.8 Å². The summed E-state index contributed by atoms with van der Waals surface area (Å²) >= 11 is 0. The van der Waals surface area contributed by atoms with Crippen LogP contribution < -0.4 is 0 Å². The van der Waals surface area contributed by atoms with Crippen molar-refractivity contribution in [2.45, 2.75) is 39.3 Å². The molecule has 1 saturated carbocycles. The van der Waals surface area contributed by atoms with E-state index < -0.39 is 5.97 Å². The highest BCUT2D eigenvalue weighted by Crippen LogP contribution is 2.30. The highest BCUT2D eigenvalue weighted by Gasteiger charge is 2.34. The van der Waals surface area contributed by atoms with Crippen molar-refractivity contribution in [1.29, 1.82) is 0 Å². The minimum absolute atomic E-state index is 0.0634. The Bertz CT molecular complexity index is 820. The van der Waals surface area contributed by atoms with E-state index in [1.165, 1.54) is 4.90 Å². The predicted octanol–water partition coefficient (Wildman–Crippen LogP) is 2.59. The minimum atomic E-state index is -0.973. The molecule has 25 heavy (non-hydrogen) atoms. The Morgan fingerprint density at radius 3 is 2.64 bits per heavy atom. The molecule has 1 N–H and O–H groups in total. The van der Waals surface area contributed by atoms with E-state index >= 15 is 0 Å².